The Kier molecular flexibility index (Phi) is 7.05. The van der Waals surface area contributed by atoms with Gasteiger partial charge in [0.05, 0.1) is 6.26 Å². The van der Waals surface area contributed by atoms with Gasteiger partial charge in [0.1, 0.15) is 0 Å². The molecule has 1 aromatic heterocycles. The maximum Gasteiger partial charge on any atom is 0.313 e. The van der Waals surface area contributed by atoms with Crippen LogP contribution in [0.3, 0.4) is 0 Å². The summed E-state index contributed by atoms with van der Waals surface area (Å²) in [6.07, 6.45) is 1.49. The Hall–Kier alpha value is -2.65. The summed E-state index contributed by atoms with van der Waals surface area (Å²) in [4.78, 5) is 40.2. The maximum absolute atomic E-state index is 12.2. The van der Waals surface area contributed by atoms with Gasteiger partial charge in [-0.25, -0.2) is 0 Å². The van der Waals surface area contributed by atoms with Crippen molar-refractivity contribution >= 4 is 39.3 Å². The van der Waals surface area contributed by atoms with Gasteiger partial charge in [-0.15, -0.1) is 0 Å². The number of benzene rings is 1. The standard InChI is InChI=1S/C20H23BrN4O4/c1-14-13-15(4-5-16(14)21)23-19(27)18(26)22-6-7-24-8-10-25(11-9-24)20(28)17-3-2-12-29-17/h2-5,12-13H,6-11H2,1H3,(H,22,26)(H,23,27). The third-order valence-electron chi connectivity index (χ3n) is 4.73. The quantitative estimate of drug-likeness (QED) is 0.661. The summed E-state index contributed by atoms with van der Waals surface area (Å²) in [6.45, 7) is 5.46. The van der Waals surface area contributed by atoms with E-state index in [1.165, 1.54) is 6.26 Å². The van der Waals surface area contributed by atoms with E-state index in [1.54, 1.807) is 29.2 Å². The number of nitrogens with one attached hydrogen (secondary N) is 2. The predicted octanol–water partition coefficient (Wildman–Crippen LogP) is 1.86. The van der Waals surface area contributed by atoms with E-state index in [1.807, 2.05) is 13.0 Å². The van der Waals surface area contributed by atoms with Crippen molar-refractivity contribution in [1.82, 2.24) is 15.1 Å². The zero-order valence-electron chi connectivity index (χ0n) is 16.1. The van der Waals surface area contributed by atoms with Crippen molar-refractivity contribution in [2.24, 2.45) is 0 Å². The molecule has 0 bridgehead atoms. The SMILES string of the molecule is Cc1cc(NC(=O)C(=O)NCCN2CCN(C(=O)c3ccco3)CC2)ccc1Br. The minimum absolute atomic E-state index is 0.109. The van der Waals surface area contributed by atoms with Crippen molar-refractivity contribution in [2.75, 3.05) is 44.6 Å². The van der Waals surface area contributed by atoms with Crippen LogP contribution in [0.2, 0.25) is 0 Å². The van der Waals surface area contributed by atoms with Gasteiger partial charge in [0.25, 0.3) is 5.91 Å². The molecule has 3 amide bonds. The van der Waals surface area contributed by atoms with E-state index in [9.17, 15) is 14.4 Å². The lowest BCUT2D eigenvalue weighted by Gasteiger charge is -2.34. The highest BCUT2D eigenvalue weighted by Gasteiger charge is 2.23. The Labute approximate surface area is 177 Å². The molecule has 1 saturated heterocycles. The van der Waals surface area contributed by atoms with E-state index in [0.29, 0.717) is 50.7 Å². The van der Waals surface area contributed by atoms with Gasteiger partial charge in [-0.2, -0.15) is 0 Å². The first kappa shape index (κ1) is 21.1. The average molecular weight is 463 g/mol. The van der Waals surface area contributed by atoms with Gasteiger partial charge in [0.2, 0.25) is 0 Å². The molecule has 2 aromatic rings. The van der Waals surface area contributed by atoms with Crippen LogP contribution in [-0.2, 0) is 9.59 Å². The summed E-state index contributed by atoms with van der Waals surface area (Å²) < 4.78 is 6.09. The fourth-order valence-corrected chi connectivity index (χ4v) is 3.30. The number of carbonyl (C=O) groups excluding carboxylic acids is 3. The van der Waals surface area contributed by atoms with Crippen molar-refractivity contribution in [1.29, 1.82) is 0 Å². The summed E-state index contributed by atoms with van der Waals surface area (Å²) in [5.74, 6) is -1.13. The zero-order chi connectivity index (χ0) is 20.8. The van der Waals surface area contributed by atoms with Gasteiger partial charge in [0, 0.05) is 49.4 Å². The van der Waals surface area contributed by atoms with E-state index in [0.717, 1.165) is 10.0 Å². The molecule has 1 aliphatic heterocycles. The van der Waals surface area contributed by atoms with Crippen molar-refractivity contribution in [3.05, 3.63) is 52.4 Å². The summed E-state index contributed by atoms with van der Waals surface area (Å²) in [5.41, 5.74) is 1.54. The molecule has 0 radical (unpaired) electrons. The van der Waals surface area contributed by atoms with Crippen LogP contribution in [0.1, 0.15) is 16.1 Å². The Balaban J connectivity index is 1.36. The lowest BCUT2D eigenvalue weighted by Crippen LogP contribution is -2.50. The second-order valence-corrected chi connectivity index (χ2v) is 7.64. The molecular weight excluding hydrogens is 440 g/mol. The van der Waals surface area contributed by atoms with Gasteiger partial charge >= 0.3 is 11.8 Å². The third-order valence-corrected chi connectivity index (χ3v) is 5.62. The molecule has 3 rings (SSSR count). The average Bonchev–Trinajstić information content (AvgIpc) is 3.25. The largest absolute Gasteiger partial charge is 0.459 e. The highest BCUT2D eigenvalue weighted by molar-refractivity contribution is 9.10. The van der Waals surface area contributed by atoms with Crippen LogP contribution in [0.4, 0.5) is 5.69 Å². The first-order valence-corrected chi connectivity index (χ1v) is 10.1. The highest BCUT2D eigenvalue weighted by Crippen LogP contribution is 2.19. The topological polar surface area (TPSA) is 94.9 Å². The van der Waals surface area contributed by atoms with Crippen LogP contribution >= 0.6 is 15.9 Å². The normalized spacial score (nSPS) is 14.5. The second kappa shape index (κ2) is 9.71. The highest BCUT2D eigenvalue weighted by atomic mass is 79.9. The van der Waals surface area contributed by atoms with Crippen LogP contribution in [0.25, 0.3) is 0 Å². The first-order valence-electron chi connectivity index (χ1n) is 9.34. The smallest absolute Gasteiger partial charge is 0.313 e. The molecule has 0 spiro atoms. The number of aryl methyl sites for hydroxylation is 1. The zero-order valence-corrected chi connectivity index (χ0v) is 17.7. The number of hydrogen-bond acceptors (Lipinski definition) is 5. The number of furan rings is 1. The second-order valence-electron chi connectivity index (χ2n) is 6.79. The Morgan fingerprint density at radius 1 is 1.10 bits per heavy atom. The molecule has 0 aliphatic carbocycles. The van der Waals surface area contributed by atoms with Gasteiger partial charge in [-0.1, -0.05) is 15.9 Å². The number of halogens is 1. The van der Waals surface area contributed by atoms with Gasteiger partial charge in [-0.3, -0.25) is 19.3 Å². The number of piperazine rings is 1. The monoisotopic (exact) mass is 462 g/mol. The Bertz CT molecular complexity index is 877. The molecule has 2 heterocycles. The molecule has 8 nitrogen and oxygen atoms in total. The predicted molar refractivity (Wildman–Crippen MR) is 112 cm³/mol. The first-order chi connectivity index (χ1) is 13.9. The maximum atomic E-state index is 12.2. The lowest BCUT2D eigenvalue weighted by atomic mass is 10.2. The van der Waals surface area contributed by atoms with Crippen LogP contribution in [0.5, 0.6) is 0 Å². The summed E-state index contributed by atoms with van der Waals surface area (Å²) in [7, 11) is 0. The summed E-state index contributed by atoms with van der Waals surface area (Å²) in [5, 5.41) is 5.23. The minimum atomic E-state index is -0.694. The van der Waals surface area contributed by atoms with E-state index >= 15 is 0 Å². The van der Waals surface area contributed by atoms with Gasteiger partial charge in [-0.05, 0) is 42.8 Å². The number of amides is 3. The summed E-state index contributed by atoms with van der Waals surface area (Å²) >= 11 is 3.40. The molecule has 0 saturated carbocycles. The number of nitrogens with zero attached hydrogens (tertiary/aromatic N) is 2. The molecule has 154 valence electrons. The lowest BCUT2D eigenvalue weighted by molar-refractivity contribution is -0.136. The molecular formula is C20H23BrN4O4. The number of hydrogen-bond donors (Lipinski definition) is 2. The Morgan fingerprint density at radius 3 is 2.52 bits per heavy atom. The molecule has 1 aliphatic rings. The van der Waals surface area contributed by atoms with Crippen LogP contribution in [0.15, 0.2) is 45.5 Å². The number of carbonyl (C=O) groups is 3. The molecule has 29 heavy (non-hydrogen) atoms. The van der Waals surface area contributed by atoms with Crippen molar-refractivity contribution < 1.29 is 18.8 Å². The minimum Gasteiger partial charge on any atom is -0.459 e. The van der Waals surface area contributed by atoms with Crippen molar-refractivity contribution in [2.45, 2.75) is 6.92 Å². The molecule has 0 unspecified atom stereocenters. The van der Waals surface area contributed by atoms with Crippen molar-refractivity contribution in [3.63, 3.8) is 0 Å². The van der Waals surface area contributed by atoms with E-state index in [2.05, 4.69) is 31.5 Å². The fraction of sp³-hybridized carbons (Fsp3) is 0.350. The van der Waals surface area contributed by atoms with Crippen LogP contribution < -0.4 is 10.6 Å². The van der Waals surface area contributed by atoms with Gasteiger partial charge in [0.15, 0.2) is 5.76 Å². The van der Waals surface area contributed by atoms with E-state index < -0.39 is 11.8 Å². The number of anilines is 1. The molecule has 9 heteroatoms. The molecule has 0 atom stereocenters. The Morgan fingerprint density at radius 2 is 1.86 bits per heavy atom. The van der Waals surface area contributed by atoms with Crippen molar-refractivity contribution in [3.8, 4) is 0 Å². The molecule has 2 N–H and O–H groups in total. The van der Waals surface area contributed by atoms with E-state index in [-0.39, 0.29) is 5.91 Å². The number of rotatable bonds is 5. The molecule has 1 aromatic carbocycles. The molecule has 1 fully saturated rings. The van der Waals surface area contributed by atoms with Crippen LogP contribution in [0, 0.1) is 6.92 Å². The van der Waals surface area contributed by atoms with Crippen LogP contribution in [-0.4, -0.2) is 66.8 Å². The fourth-order valence-electron chi connectivity index (χ4n) is 3.05. The van der Waals surface area contributed by atoms with E-state index in [4.69, 9.17) is 4.42 Å². The summed E-state index contributed by atoms with van der Waals surface area (Å²) in [6, 6.07) is 8.69. The van der Waals surface area contributed by atoms with Gasteiger partial charge < -0.3 is 20.0 Å². The third kappa shape index (κ3) is 5.68.